The van der Waals surface area contributed by atoms with E-state index in [4.69, 9.17) is 4.98 Å². The average Bonchev–Trinajstić information content (AvgIpc) is 2.57. The van der Waals surface area contributed by atoms with Crippen molar-refractivity contribution >= 4 is 27.8 Å². The summed E-state index contributed by atoms with van der Waals surface area (Å²) in [6, 6.07) is 12.1. The summed E-state index contributed by atoms with van der Waals surface area (Å²) < 4.78 is 0. The van der Waals surface area contributed by atoms with Crippen LogP contribution in [0.4, 0.5) is 0 Å². The number of fused-ring (bicyclic) bond motifs is 4. The predicted octanol–water partition coefficient (Wildman–Crippen LogP) is 2.48. The van der Waals surface area contributed by atoms with Crippen molar-refractivity contribution in [3.05, 3.63) is 58.8 Å². The summed E-state index contributed by atoms with van der Waals surface area (Å²) in [6.07, 6.45) is -0.479. The molecule has 0 amide bonds. The lowest BCUT2D eigenvalue weighted by molar-refractivity contribution is 0.0330. The van der Waals surface area contributed by atoms with Gasteiger partial charge in [0.2, 0.25) is 0 Å². The average molecular weight is 307 g/mol. The zero-order valence-corrected chi connectivity index (χ0v) is 12.7. The van der Waals surface area contributed by atoms with Crippen molar-refractivity contribution in [3.8, 4) is 0 Å². The largest absolute Gasteiger partial charge is 0.392 e. The number of aliphatic hydroxyl groups excluding tert-OH is 3. The van der Waals surface area contributed by atoms with Crippen LogP contribution in [0, 0.1) is 6.92 Å². The number of pyridine rings is 1. The Kier molecular flexibility index (Phi) is 3.20. The lowest BCUT2D eigenvalue weighted by atomic mass is 9.86. The van der Waals surface area contributed by atoms with E-state index in [2.05, 4.69) is 0 Å². The van der Waals surface area contributed by atoms with E-state index in [1.54, 1.807) is 6.08 Å². The van der Waals surface area contributed by atoms with Gasteiger partial charge in [0, 0.05) is 16.3 Å². The minimum atomic E-state index is -1.09. The molecule has 3 aromatic rings. The zero-order valence-electron chi connectivity index (χ0n) is 12.7. The highest BCUT2D eigenvalue weighted by Gasteiger charge is 2.31. The number of hydrogen-bond donors (Lipinski definition) is 3. The third-order valence-corrected chi connectivity index (χ3v) is 4.70. The third kappa shape index (κ3) is 2.00. The Morgan fingerprint density at radius 3 is 2.57 bits per heavy atom. The van der Waals surface area contributed by atoms with Crippen molar-refractivity contribution < 1.29 is 15.3 Å². The van der Waals surface area contributed by atoms with Crippen LogP contribution in [0.3, 0.4) is 0 Å². The quantitative estimate of drug-likeness (QED) is 0.604. The molecule has 3 N–H and O–H groups in total. The highest BCUT2D eigenvalue weighted by molar-refractivity contribution is 6.06. The molecule has 4 nitrogen and oxygen atoms in total. The SMILES string of the molecule is Cc1c2c(nc3c1ccc1ccccc13)C=C(CO)C(O)C2O. The molecule has 2 aromatic carbocycles. The number of aromatic nitrogens is 1. The van der Waals surface area contributed by atoms with Crippen LogP contribution in [0.25, 0.3) is 27.8 Å². The van der Waals surface area contributed by atoms with Crippen LogP contribution in [-0.2, 0) is 0 Å². The van der Waals surface area contributed by atoms with Gasteiger partial charge in [-0.1, -0.05) is 36.4 Å². The Morgan fingerprint density at radius 1 is 1.00 bits per heavy atom. The summed E-state index contributed by atoms with van der Waals surface area (Å²) in [4.78, 5) is 4.73. The molecule has 4 rings (SSSR count). The molecule has 1 aromatic heterocycles. The zero-order chi connectivity index (χ0) is 16.1. The van der Waals surface area contributed by atoms with Gasteiger partial charge in [-0.3, -0.25) is 0 Å². The molecular formula is C19H17NO3. The molecule has 1 heterocycles. The van der Waals surface area contributed by atoms with Crippen LogP contribution in [0.5, 0.6) is 0 Å². The molecule has 1 aliphatic carbocycles. The predicted molar refractivity (Wildman–Crippen MR) is 90.0 cm³/mol. The van der Waals surface area contributed by atoms with Crippen molar-refractivity contribution in [3.63, 3.8) is 0 Å². The number of rotatable bonds is 1. The molecular weight excluding hydrogens is 290 g/mol. The second-order valence-electron chi connectivity index (χ2n) is 5.99. The maximum absolute atomic E-state index is 10.4. The van der Waals surface area contributed by atoms with Gasteiger partial charge in [-0.2, -0.15) is 0 Å². The fourth-order valence-electron chi connectivity index (χ4n) is 3.44. The highest BCUT2D eigenvalue weighted by atomic mass is 16.3. The lowest BCUT2D eigenvalue weighted by Crippen LogP contribution is -2.27. The maximum Gasteiger partial charge on any atom is 0.111 e. The minimum absolute atomic E-state index is 0.300. The number of hydrogen-bond acceptors (Lipinski definition) is 4. The third-order valence-electron chi connectivity index (χ3n) is 4.70. The van der Waals surface area contributed by atoms with Gasteiger partial charge in [-0.15, -0.1) is 0 Å². The summed E-state index contributed by atoms with van der Waals surface area (Å²) in [6.45, 7) is 1.64. The van der Waals surface area contributed by atoms with Gasteiger partial charge < -0.3 is 15.3 Å². The molecule has 0 radical (unpaired) electrons. The minimum Gasteiger partial charge on any atom is -0.392 e. The molecule has 0 spiro atoms. The Hall–Kier alpha value is -2.27. The second-order valence-corrected chi connectivity index (χ2v) is 5.99. The van der Waals surface area contributed by atoms with E-state index in [1.807, 2.05) is 43.3 Å². The molecule has 1 aliphatic rings. The molecule has 0 fully saturated rings. The van der Waals surface area contributed by atoms with Crippen molar-refractivity contribution in [1.29, 1.82) is 0 Å². The molecule has 2 unspecified atom stereocenters. The number of nitrogens with zero attached hydrogens (tertiary/aromatic N) is 1. The Balaban J connectivity index is 2.13. The normalized spacial score (nSPS) is 20.6. The van der Waals surface area contributed by atoms with Crippen LogP contribution in [0.2, 0.25) is 0 Å². The fourth-order valence-corrected chi connectivity index (χ4v) is 3.44. The number of aryl methyl sites for hydroxylation is 1. The second kappa shape index (κ2) is 5.13. The summed E-state index contributed by atoms with van der Waals surface area (Å²) in [5.41, 5.74) is 3.43. The van der Waals surface area contributed by atoms with Crippen molar-refractivity contribution in [2.45, 2.75) is 19.1 Å². The van der Waals surface area contributed by atoms with Gasteiger partial charge in [0.05, 0.1) is 17.8 Å². The Labute approximate surface area is 133 Å². The maximum atomic E-state index is 10.4. The van der Waals surface area contributed by atoms with Gasteiger partial charge in [0.25, 0.3) is 0 Å². The fraction of sp³-hybridized carbons (Fsp3) is 0.211. The highest BCUT2D eigenvalue weighted by Crippen LogP contribution is 2.37. The molecule has 4 heteroatoms. The lowest BCUT2D eigenvalue weighted by Gasteiger charge is -2.28. The van der Waals surface area contributed by atoms with Crippen LogP contribution < -0.4 is 0 Å². The topological polar surface area (TPSA) is 73.6 Å². The Bertz CT molecular complexity index is 962. The smallest absolute Gasteiger partial charge is 0.111 e. The van der Waals surface area contributed by atoms with Crippen LogP contribution in [0.1, 0.15) is 22.9 Å². The summed E-state index contributed by atoms with van der Waals surface area (Å²) in [5.74, 6) is 0. The van der Waals surface area contributed by atoms with E-state index < -0.39 is 12.2 Å². The molecule has 116 valence electrons. The first-order valence-electron chi connectivity index (χ1n) is 7.61. The van der Waals surface area contributed by atoms with Crippen molar-refractivity contribution in [2.75, 3.05) is 6.61 Å². The monoisotopic (exact) mass is 307 g/mol. The van der Waals surface area contributed by atoms with Crippen molar-refractivity contribution in [1.82, 2.24) is 4.98 Å². The first-order chi connectivity index (χ1) is 11.1. The standard InChI is InChI=1S/C19H17NO3/c1-10-13-7-6-11-4-2-3-5-14(11)17(13)20-15-8-12(9-21)18(22)19(23)16(10)15/h2-8,18-19,21-23H,9H2,1H3. The van der Waals surface area contributed by atoms with Gasteiger partial charge in [0.1, 0.15) is 12.2 Å². The number of benzene rings is 2. The van der Waals surface area contributed by atoms with Gasteiger partial charge in [0.15, 0.2) is 0 Å². The summed E-state index contributed by atoms with van der Waals surface area (Å²) in [7, 11) is 0. The molecule has 0 saturated heterocycles. The van der Waals surface area contributed by atoms with Crippen molar-refractivity contribution in [2.24, 2.45) is 0 Å². The molecule has 0 aliphatic heterocycles. The van der Waals surface area contributed by atoms with E-state index in [-0.39, 0.29) is 6.61 Å². The van der Waals surface area contributed by atoms with Gasteiger partial charge >= 0.3 is 0 Å². The van der Waals surface area contributed by atoms with Crippen LogP contribution >= 0.6 is 0 Å². The van der Waals surface area contributed by atoms with Crippen LogP contribution in [0.15, 0.2) is 42.0 Å². The summed E-state index contributed by atoms with van der Waals surface area (Å²) >= 11 is 0. The number of aliphatic hydroxyl groups is 3. The molecule has 0 saturated carbocycles. The van der Waals surface area contributed by atoms with Gasteiger partial charge in [-0.05, 0) is 29.5 Å². The molecule has 0 bridgehead atoms. The van der Waals surface area contributed by atoms with Gasteiger partial charge in [-0.25, -0.2) is 4.98 Å². The summed E-state index contributed by atoms with van der Waals surface area (Å²) in [5, 5.41) is 33.1. The molecule has 2 atom stereocenters. The van der Waals surface area contributed by atoms with E-state index in [1.165, 1.54) is 0 Å². The first kappa shape index (κ1) is 14.3. The van der Waals surface area contributed by atoms with E-state index in [9.17, 15) is 15.3 Å². The van der Waals surface area contributed by atoms with E-state index >= 15 is 0 Å². The molecule has 23 heavy (non-hydrogen) atoms. The van der Waals surface area contributed by atoms with E-state index in [0.29, 0.717) is 16.8 Å². The Morgan fingerprint density at radius 2 is 1.78 bits per heavy atom. The first-order valence-corrected chi connectivity index (χ1v) is 7.61. The van der Waals surface area contributed by atoms with Crippen LogP contribution in [-0.4, -0.2) is 33.0 Å². The van der Waals surface area contributed by atoms with E-state index in [0.717, 1.165) is 27.2 Å².